The van der Waals surface area contributed by atoms with Crippen LogP contribution in [0.3, 0.4) is 0 Å². The monoisotopic (exact) mass is 584 g/mol. The largest absolute Gasteiger partial charge is 1.00 e. The third kappa shape index (κ3) is 4.09. The smallest absolute Gasteiger partial charge is 0.209 e. The molecule has 0 amide bonds. The minimum Gasteiger partial charge on any atom is -1.00 e. The van der Waals surface area contributed by atoms with Crippen molar-refractivity contribution < 1.29 is 28.6 Å². The van der Waals surface area contributed by atoms with E-state index >= 15 is 0 Å². The van der Waals surface area contributed by atoms with E-state index in [9.17, 15) is 0 Å². The van der Waals surface area contributed by atoms with Gasteiger partial charge < -0.3 is 28.5 Å². The number of benzene rings is 3. The average Bonchev–Trinajstić information content (AvgIpc) is 3.22. The Balaban J connectivity index is 0.00000274. The maximum absolute atomic E-state index is 6.46. The van der Waals surface area contributed by atoms with Gasteiger partial charge in [0.15, 0.2) is 5.71 Å². The first kappa shape index (κ1) is 25.2. The van der Waals surface area contributed by atoms with Gasteiger partial charge in [-0.2, -0.15) is 4.58 Å². The van der Waals surface area contributed by atoms with Crippen molar-refractivity contribution in [3.05, 3.63) is 70.5 Å². The summed E-state index contributed by atoms with van der Waals surface area (Å²) in [5.41, 5.74) is 5.24. The van der Waals surface area contributed by atoms with Crippen LogP contribution < -0.4 is 29.3 Å². The minimum atomic E-state index is -0.111. The molecule has 1 aliphatic rings. The molecule has 4 aromatic rings. The lowest BCUT2D eigenvalue weighted by Gasteiger charge is -2.16. The molecule has 34 heavy (non-hydrogen) atoms. The zero-order chi connectivity index (χ0) is 23.2. The van der Waals surface area contributed by atoms with Gasteiger partial charge in [0.25, 0.3) is 0 Å². The quantitative estimate of drug-likeness (QED) is 0.221. The maximum Gasteiger partial charge on any atom is 0.209 e. The first-order valence-corrected chi connectivity index (χ1v) is 12.8. The molecule has 0 saturated heterocycles. The molecule has 0 unspecified atom stereocenters. The van der Waals surface area contributed by atoms with Gasteiger partial charge in [0, 0.05) is 52.0 Å². The molecule has 0 spiro atoms. The van der Waals surface area contributed by atoms with Gasteiger partial charge in [0.05, 0.1) is 10.8 Å². The Morgan fingerprint density at radius 2 is 1.71 bits per heavy atom. The van der Waals surface area contributed by atoms with Crippen LogP contribution in [-0.4, -0.2) is 21.4 Å². The molecule has 0 bridgehead atoms. The molecule has 1 aliphatic heterocycles. The van der Waals surface area contributed by atoms with Crippen molar-refractivity contribution in [1.29, 1.82) is 0 Å². The first-order chi connectivity index (χ1) is 16.0. The summed E-state index contributed by atoms with van der Waals surface area (Å²) in [4.78, 5) is 0. The molecule has 0 radical (unpaired) electrons. The Morgan fingerprint density at radius 3 is 2.44 bits per heavy atom. The highest BCUT2D eigenvalue weighted by molar-refractivity contribution is 6.31. The highest BCUT2D eigenvalue weighted by Crippen LogP contribution is 2.41. The zero-order valence-corrected chi connectivity index (χ0v) is 23.6. The normalized spacial score (nSPS) is 15.4. The van der Waals surface area contributed by atoms with Crippen molar-refractivity contribution in [3.63, 3.8) is 0 Å². The number of hydrogen-bond acceptors (Lipinski definition) is 0. The Bertz CT molecular complexity index is 1420. The lowest BCUT2D eigenvalue weighted by Crippen LogP contribution is -3.00. The van der Waals surface area contributed by atoms with Gasteiger partial charge in [-0.25, -0.2) is 0 Å². The predicted molar refractivity (Wildman–Crippen MR) is 143 cm³/mol. The number of aromatic nitrogens is 1. The number of halogens is 2. The summed E-state index contributed by atoms with van der Waals surface area (Å²) in [6.45, 7) is 11.3. The minimum absolute atomic E-state index is 0. The predicted octanol–water partition coefficient (Wildman–Crippen LogP) is 4.63. The number of fused-ring (bicyclic) bond motifs is 1. The van der Waals surface area contributed by atoms with Crippen molar-refractivity contribution in [3.8, 4) is 0 Å². The highest BCUT2D eigenvalue weighted by atomic mass is 127. The molecule has 2 nitrogen and oxygen atoms in total. The molecule has 0 N–H and O–H groups in total. The van der Waals surface area contributed by atoms with Crippen LogP contribution in [0.5, 0.6) is 0 Å². The van der Waals surface area contributed by atoms with Crippen LogP contribution in [0.15, 0.2) is 54.6 Å². The summed E-state index contributed by atoms with van der Waals surface area (Å²) < 4.78 is 5.10. The summed E-state index contributed by atoms with van der Waals surface area (Å²) in [7, 11) is 0. The van der Waals surface area contributed by atoms with Gasteiger partial charge in [-0.05, 0) is 43.9 Å². The first-order valence-electron chi connectivity index (χ1n) is 12.4. The molecule has 5 rings (SSSR count). The molecule has 0 atom stereocenters. The van der Waals surface area contributed by atoms with Crippen molar-refractivity contribution >= 4 is 50.8 Å². The summed E-state index contributed by atoms with van der Waals surface area (Å²) in [5, 5.41) is 6.21. The average molecular weight is 585 g/mol. The Labute approximate surface area is 225 Å². The van der Waals surface area contributed by atoms with E-state index in [2.05, 4.69) is 91.4 Å². The van der Waals surface area contributed by atoms with Crippen LogP contribution in [0.4, 0.5) is 5.69 Å². The molecular weight excluding hydrogens is 551 g/mol. The Kier molecular flexibility index (Phi) is 7.44. The molecule has 178 valence electrons. The summed E-state index contributed by atoms with van der Waals surface area (Å²) in [6, 6.07) is 19.9. The number of aryl methyl sites for hydroxylation is 1. The number of nitrogens with zero attached hydrogens (tertiary/aromatic N) is 2. The standard InChI is InChI=1S/C30H34ClN2.HI/c1-5-7-17-32-26-14-10-12-21-11-9-13-23(29(21)26)27(32)20-28-30(3,4)24-19-22(31)15-16-25(24)33(28)18-8-6-2;/h9-16,19-20H,5-8,17-18H2,1-4H3;1H/q+1;/p-1. The summed E-state index contributed by atoms with van der Waals surface area (Å²) >= 11 is 6.46. The van der Waals surface area contributed by atoms with Crippen LogP contribution in [-0.2, 0) is 12.0 Å². The van der Waals surface area contributed by atoms with Gasteiger partial charge >= 0.3 is 0 Å². The van der Waals surface area contributed by atoms with E-state index < -0.39 is 0 Å². The number of rotatable bonds is 7. The SMILES string of the molecule is CCCCn1/c(=C/C2=[N+](CCCC)c3ccc(Cl)cc3C2(C)C)c2cccc3cccc1c32.[I-]. The van der Waals surface area contributed by atoms with Crippen LogP contribution in [0.25, 0.3) is 27.8 Å². The lowest BCUT2D eigenvalue weighted by molar-refractivity contribution is -0.437. The van der Waals surface area contributed by atoms with Crippen molar-refractivity contribution in [2.24, 2.45) is 0 Å². The van der Waals surface area contributed by atoms with Gasteiger partial charge in [0.2, 0.25) is 5.69 Å². The molecule has 0 aliphatic carbocycles. The fourth-order valence-corrected chi connectivity index (χ4v) is 5.71. The van der Waals surface area contributed by atoms with E-state index in [0.29, 0.717) is 0 Å². The molecule has 4 heteroatoms. The van der Waals surface area contributed by atoms with Gasteiger partial charge in [-0.15, -0.1) is 0 Å². The van der Waals surface area contributed by atoms with E-state index in [-0.39, 0.29) is 29.4 Å². The molecule has 2 heterocycles. The third-order valence-electron chi connectivity index (χ3n) is 7.34. The van der Waals surface area contributed by atoms with Gasteiger partial charge in [-0.3, -0.25) is 0 Å². The Morgan fingerprint density at radius 1 is 0.971 bits per heavy atom. The second-order valence-electron chi connectivity index (χ2n) is 9.89. The number of unbranched alkanes of at least 4 members (excludes halogenated alkanes) is 2. The lowest BCUT2D eigenvalue weighted by atomic mass is 9.81. The fraction of sp³-hybridized carbons (Fsp3) is 0.367. The summed E-state index contributed by atoms with van der Waals surface area (Å²) in [5.74, 6) is 0. The van der Waals surface area contributed by atoms with E-state index in [1.807, 2.05) is 6.07 Å². The van der Waals surface area contributed by atoms with Crippen LogP contribution in [0.1, 0.15) is 58.9 Å². The highest BCUT2D eigenvalue weighted by Gasteiger charge is 2.44. The van der Waals surface area contributed by atoms with Crippen LogP contribution in [0.2, 0.25) is 5.02 Å². The van der Waals surface area contributed by atoms with Crippen molar-refractivity contribution in [1.82, 2.24) is 4.57 Å². The fourth-order valence-electron chi connectivity index (χ4n) is 5.54. The second-order valence-corrected chi connectivity index (χ2v) is 10.3. The zero-order valence-electron chi connectivity index (χ0n) is 20.7. The third-order valence-corrected chi connectivity index (χ3v) is 7.57. The van der Waals surface area contributed by atoms with Gasteiger partial charge in [0.1, 0.15) is 6.54 Å². The molecule has 3 aromatic carbocycles. The van der Waals surface area contributed by atoms with Crippen LogP contribution >= 0.6 is 11.6 Å². The maximum atomic E-state index is 6.46. The van der Waals surface area contributed by atoms with Gasteiger partial charge in [-0.1, -0.05) is 68.6 Å². The molecular formula is C30H34ClIN2. The molecule has 0 fully saturated rings. The van der Waals surface area contributed by atoms with E-state index in [4.69, 9.17) is 11.6 Å². The topological polar surface area (TPSA) is 7.94 Å². The summed E-state index contributed by atoms with van der Waals surface area (Å²) in [6.07, 6.45) is 7.19. The van der Waals surface area contributed by atoms with Crippen molar-refractivity contribution in [2.45, 2.75) is 65.3 Å². The van der Waals surface area contributed by atoms with E-state index in [0.717, 1.165) is 18.1 Å². The van der Waals surface area contributed by atoms with E-state index in [1.54, 1.807) is 0 Å². The van der Waals surface area contributed by atoms with E-state index in [1.165, 1.54) is 69.7 Å². The van der Waals surface area contributed by atoms with Crippen molar-refractivity contribution in [2.75, 3.05) is 6.54 Å². The Hall–Kier alpha value is -1.85. The molecule has 1 aromatic heterocycles. The number of hydrogen-bond donors (Lipinski definition) is 0. The van der Waals surface area contributed by atoms with Crippen LogP contribution in [0, 0.1) is 0 Å². The molecule has 0 saturated carbocycles. The second kappa shape index (κ2) is 10.0.